The molecule has 3 aromatic rings. The minimum absolute atomic E-state index is 0.0176. The van der Waals surface area contributed by atoms with E-state index in [1.807, 2.05) is 0 Å². The van der Waals surface area contributed by atoms with E-state index in [1.54, 1.807) is 0 Å². The molecule has 2 unspecified atom stereocenters. The number of amides is 1. The molecule has 1 aliphatic rings. The Morgan fingerprint density at radius 2 is 1.68 bits per heavy atom. The third-order valence-corrected chi connectivity index (χ3v) is 7.44. The Labute approximate surface area is 227 Å². The van der Waals surface area contributed by atoms with Crippen molar-refractivity contribution in [2.75, 3.05) is 5.32 Å². The van der Waals surface area contributed by atoms with Crippen molar-refractivity contribution in [3.8, 4) is 0 Å². The third-order valence-electron chi connectivity index (χ3n) is 6.17. The van der Waals surface area contributed by atoms with Crippen molar-refractivity contribution < 1.29 is 35.9 Å². The second kappa shape index (κ2) is 10.1. The molecule has 3 aromatic carbocycles. The number of anilines is 1. The molecule has 1 fully saturated rings. The lowest BCUT2D eigenvalue weighted by Crippen LogP contribution is -2.15. The van der Waals surface area contributed by atoms with E-state index in [4.69, 9.17) is 34.8 Å². The van der Waals surface area contributed by atoms with Crippen LogP contribution in [0.15, 0.2) is 48.5 Å². The lowest BCUT2D eigenvalue weighted by Gasteiger charge is -2.12. The Balaban J connectivity index is 1.55. The summed E-state index contributed by atoms with van der Waals surface area (Å²) in [7, 11) is 0. The van der Waals surface area contributed by atoms with E-state index in [1.165, 1.54) is 24.3 Å². The van der Waals surface area contributed by atoms with Gasteiger partial charge in [0.2, 0.25) is 0 Å². The maximum Gasteiger partial charge on any atom is 0.419 e. The maximum atomic E-state index is 14.1. The van der Waals surface area contributed by atoms with Crippen LogP contribution in [0.4, 0.5) is 32.0 Å². The Morgan fingerprint density at radius 3 is 2.32 bits per heavy atom. The van der Waals surface area contributed by atoms with Gasteiger partial charge in [-0.25, -0.2) is 13.2 Å². The van der Waals surface area contributed by atoms with E-state index in [2.05, 4.69) is 5.32 Å². The fraction of sp³-hybridized carbons (Fsp3) is 0.231. The fourth-order valence-electron chi connectivity index (χ4n) is 4.27. The van der Waals surface area contributed by atoms with Gasteiger partial charge in [-0.05, 0) is 53.9 Å². The SMILES string of the molecule is Cc1cc(C2C(C(=O)Cc3ccc(Cl)c(C(=O)Nc4ccc(F)cc4F)c3)C2(Cl)Cl)cc(C(F)(F)F)c1F. The summed E-state index contributed by atoms with van der Waals surface area (Å²) < 4.78 is 79.3. The molecular formula is C26H16Cl3F6NO2. The molecule has 0 radical (unpaired) electrons. The van der Waals surface area contributed by atoms with E-state index in [0.717, 1.165) is 19.1 Å². The molecular weight excluding hydrogens is 579 g/mol. The van der Waals surface area contributed by atoms with E-state index < -0.39 is 57.1 Å². The van der Waals surface area contributed by atoms with Crippen molar-refractivity contribution in [1.82, 2.24) is 0 Å². The van der Waals surface area contributed by atoms with Gasteiger partial charge in [0.05, 0.1) is 27.8 Å². The smallest absolute Gasteiger partial charge is 0.319 e. The Bertz CT molecular complexity index is 1460. The van der Waals surface area contributed by atoms with Gasteiger partial charge >= 0.3 is 6.18 Å². The summed E-state index contributed by atoms with van der Waals surface area (Å²) in [5.74, 6) is -6.75. The van der Waals surface area contributed by atoms with E-state index >= 15 is 0 Å². The Morgan fingerprint density at radius 1 is 1.00 bits per heavy atom. The summed E-state index contributed by atoms with van der Waals surface area (Å²) >= 11 is 18.6. The second-order valence-corrected chi connectivity index (χ2v) is 10.7. The number of hydrogen-bond acceptors (Lipinski definition) is 2. The standard InChI is InChI=1S/C26H16Cl3F6NO2/c1-11-6-13(9-16(23(11)32)26(33,34)35)21-22(25(21,28)29)20(37)8-12-2-4-17(27)15(7-12)24(38)36-19-5-3-14(30)10-18(19)31/h2-7,9-10,21-22H,8H2,1H3,(H,36,38). The number of rotatable bonds is 6. The monoisotopic (exact) mass is 593 g/mol. The molecule has 200 valence electrons. The first-order chi connectivity index (χ1) is 17.6. The molecule has 1 amide bonds. The first-order valence-corrected chi connectivity index (χ1v) is 12.1. The highest BCUT2D eigenvalue weighted by atomic mass is 35.5. The molecule has 0 heterocycles. The van der Waals surface area contributed by atoms with Gasteiger partial charge < -0.3 is 5.32 Å². The minimum atomic E-state index is -4.96. The molecule has 0 saturated heterocycles. The van der Waals surface area contributed by atoms with Gasteiger partial charge in [-0.3, -0.25) is 9.59 Å². The highest BCUT2D eigenvalue weighted by molar-refractivity contribution is 6.53. The lowest BCUT2D eigenvalue weighted by atomic mass is 9.98. The van der Waals surface area contributed by atoms with Crippen LogP contribution in [-0.2, 0) is 17.4 Å². The summed E-state index contributed by atoms with van der Waals surface area (Å²) in [4.78, 5) is 25.7. The minimum Gasteiger partial charge on any atom is -0.319 e. The van der Waals surface area contributed by atoms with E-state index in [-0.39, 0.29) is 33.8 Å². The average molecular weight is 595 g/mol. The fourth-order valence-corrected chi connectivity index (χ4v) is 5.35. The molecule has 0 spiro atoms. The van der Waals surface area contributed by atoms with Crippen molar-refractivity contribution in [3.63, 3.8) is 0 Å². The van der Waals surface area contributed by atoms with Gasteiger partial charge in [0.1, 0.15) is 27.6 Å². The van der Waals surface area contributed by atoms with Crippen LogP contribution in [0.25, 0.3) is 0 Å². The normalized spacial score (nSPS) is 18.3. The van der Waals surface area contributed by atoms with Gasteiger partial charge in [0, 0.05) is 18.4 Å². The van der Waals surface area contributed by atoms with Crippen LogP contribution >= 0.6 is 34.8 Å². The zero-order valence-corrected chi connectivity index (χ0v) is 21.5. The topological polar surface area (TPSA) is 46.2 Å². The quantitative estimate of drug-likeness (QED) is 0.232. The van der Waals surface area contributed by atoms with Gasteiger partial charge in [0.15, 0.2) is 0 Å². The molecule has 3 nitrogen and oxygen atoms in total. The van der Waals surface area contributed by atoms with Crippen LogP contribution in [0.3, 0.4) is 0 Å². The van der Waals surface area contributed by atoms with E-state index in [0.29, 0.717) is 17.7 Å². The zero-order chi connectivity index (χ0) is 28.2. The summed E-state index contributed by atoms with van der Waals surface area (Å²) in [6, 6.07) is 8.39. The van der Waals surface area contributed by atoms with Crippen molar-refractivity contribution in [2.24, 2.45) is 5.92 Å². The highest BCUT2D eigenvalue weighted by Crippen LogP contribution is 2.65. The predicted molar refractivity (Wildman–Crippen MR) is 131 cm³/mol. The highest BCUT2D eigenvalue weighted by Gasteiger charge is 2.67. The number of ketones is 1. The first kappa shape index (κ1) is 28.3. The molecule has 0 aliphatic heterocycles. The summed E-state index contributed by atoms with van der Waals surface area (Å²) in [5.41, 5.74) is -1.90. The number of nitrogens with one attached hydrogen (secondary N) is 1. The largest absolute Gasteiger partial charge is 0.419 e. The molecule has 4 rings (SSSR count). The lowest BCUT2D eigenvalue weighted by molar-refractivity contribution is -0.140. The molecule has 1 aliphatic carbocycles. The van der Waals surface area contributed by atoms with Crippen molar-refractivity contribution in [1.29, 1.82) is 0 Å². The number of carbonyl (C=O) groups is 2. The van der Waals surface area contributed by atoms with E-state index in [9.17, 15) is 35.9 Å². The van der Waals surface area contributed by atoms with Crippen LogP contribution in [0.5, 0.6) is 0 Å². The number of hydrogen-bond donors (Lipinski definition) is 1. The summed E-state index contributed by atoms with van der Waals surface area (Å²) in [6.45, 7) is 1.16. The van der Waals surface area contributed by atoms with Crippen molar-refractivity contribution in [3.05, 3.63) is 98.8 Å². The number of aryl methyl sites for hydroxylation is 1. The van der Waals surface area contributed by atoms with Crippen LogP contribution in [0.1, 0.15) is 38.5 Å². The second-order valence-electron chi connectivity index (χ2n) is 8.86. The molecule has 1 N–H and O–H groups in total. The summed E-state index contributed by atoms with van der Waals surface area (Å²) in [6.07, 6.45) is -5.27. The number of Topliss-reactive ketones (excluding diaryl/α,β-unsaturated/α-hetero) is 1. The van der Waals surface area contributed by atoms with Crippen LogP contribution in [-0.4, -0.2) is 16.0 Å². The molecule has 0 aromatic heterocycles. The molecule has 2 atom stereocenters. The Hall–Kier alpha value is -2.75. The van der Waals surface area contributed by atoms with Crippen molar-refractivity contribution >= 4 is 52.2 Å². The first-order valence-electron chi connectivity index (χ1n) is 10.9. The third kappa shape index (κ3) is 5.51. The Kier molecular flexibility index (Phi) is 7.51. The van der Waals surface area contributed by atoms with Gasteiger partial charge in [-0.1, -0.05) is 23.7 Å². The van der Waals surface area contributed by atoms with Gasteiger partial charge in [-0.2, -0.15) is 13.2 Å². The van der Waals surface area contributed by atoms with Crippen LogP contribution in [0, 0.1) is 30.3 Å². The number of carbonyl (C=O) groups excluding carboxylic acids is 2. The predicted octanol–water partition coefficient (Wildman–Crippen LogP) is 8.04. The van der Waals surface area contributed by atoms with Gasteiger partial charge in [-0.15, -0.1) is 23.2 Å². The zero-order valence-electron chi connectivity index (χ0n) is 19.2. The molecule has 12 heteroatoms. The maximum absolute atomic E-state index is 14.1. The van der Waals surface area contributed by atoms with Gasteiger partial charge in [0.25, 0.3) is 5.91 Å². The molecule has 0 bridgehead atoms. The number of alkyl halides is 5. The summed E-state index contributed by atoms with van der Waals surface area (Å²) in [5, 5.41) is 2.25. The number of benzene rings is 3. The average Bonchev–Trinajstić information content (AvgIpc) is 3.39. The molecule has 1 saturated carbocycles. The van der Waals surface area contributed by atoms with Crippen molar-refractivity contribution in [2.45, 2.75) is 29.8 Å². The van der Waals surface area contributed by atoms with Crippen LogP contribution in [0.2, 0.25) is 5.02 Å². The molecule has 38 heavy (non-hydrogen) atoms. The van der Waals surface area contributed by atoms with Crippen LogP contribution < -0.4 is 5.32 Å². The number of halogens is 9.